The maximum atomic E-state index is 11.6. The first-order chi connectivity index (χ1) is 4.58. The van der Waals surface area contributed by atoms with Gasteiger partial charge in [0.05, 0.1) is 12.1 Å². The maximum Gasteiger partial charge on any atom is 0.394 e. The van der Waals surface area contributed by atoms with Crippen LogP contribution >= 0.6 is 11.5 Å². The summed E-state index contributed by atoms with van der Waals surface area (Å²) in [6, 6.07) is 0. The second-order valence-electron chi connectivity index (χ2n) is 1.69. The number of hydrogen-bond donors (Lipinski definition) is 0. The molecule has 1 rings (SSSR count). The van der Waals surface area contributed by atoms with Crippen LogP contribution in [0.2, 0.25) is 0 Å². The summed E-state index contributed by atoms with van der Waals surface area (Å²) in [5.41, 5.74) is -0.0162. The van der Waals surface area contributed by atoms with Gasteiger partial charge in [-0.2, -0.15) is 13.2 Å². The molecule has 0 unspecified atom stereocenters. The molecule has 0 N–H and O–H groups in total. The van der Waals surface area contributed by atoms with Crippen molar-refractivity contribution >= 4 is 11.5 Å². The highest BCUT2D eigenvalue weighted by molar-refractivity contribution is 7.03. The Hall–Kier alpha value is -0.650. The van der Waals surface area contributed by atoms with Crippen molar-refractivity contribution in [2.24, 2.45) is 0 Å². The zero-order valence-electron chi connectivity index (χ0n) is 4.72. The van der Waals surface area contributed by atoms with Crippen molar-refractivity contribution < 1.29 is 13.2 Å². The van der Waals surface area contributed by atoms with Crippen molar-refractivity contribution in [3.8, 4) is 0 Å². The molecule has 1 aromatic rings. The molecule has 0 aliphatic heterocycles. The standard InChI is InChI=1S/C4H3F3N2S/c5-4(6,7)1-3-2-10-9-8-3/h2H,1H2. The largest absolute Gasteiger partial charge is 0.394 e. The van der Waals surface area contributed by atoms with Crippen LogP contribution < -0.4 is 0 Å². The third-order valence-corrected chi connectivity index (χ3v) is 1.34. The summed E-state index contributed by atoms with van der Waals surface area (Å²) >= 11 is 0.919. The molecular formula is C4H3F3N2S. The van der Waals surface area contributed by atoms with Crippen molar-refractivity contribution in [2.45, 2.75) is 12.6 Å². The van der Waals surface area contributed by atoms with E-state index in [0.717, 1.165) is 11.5 Å². The third kappa shape index (κ3) is 2.30. The van der Waals surface area contributed by atoms with Gasteiger partial charge in [-0.25, -0.2) is 0 Å². The number of hydrogen-bond acceptors (Lipinski definition) is 3. The smallest absolute Gasteiger partial charge is 0.171 e. The van der Waals surface area contributed by atoms with E-state index in [1.807, 2.05) is 0 Å². The van der Waals surface area contributed by atoms with Gasteiger partial charge in [0, 0.05) is 5.38 Å². The Balaban J connectivity index is 2.57. The monoisotopic (exact) mass is 168 g/mol. The fraction of sp³-hybridized carbons (Fsp3) is 0.500. The van der Waals surface area contributed by atoms with E-state index in [0.29, 0.717) is 0 Å². The molecule has 1 aromatic heterocycles. The Morgan fingerprint density at radius 2 is 2.20 bits per heavy atom. The van der Waals surface area contributed by atoms with Crippen molar-refractivity contribution in [1.82, 2.24) is 9.59 Å². The molecule has 2 nitrogen and oxygen atoms in total. The van der Waals surface area contributed by atoms with E-state index in [9.17, 15) is 13.2 Å². The van der Waals surface area contributed by atoms with Crippen LogP contribution in [0.3, 0.4) is 0 Å². The Kier molecular flexibility index (Phi) is 1.89. The van der Waals surface area contributed by atoms with Gasteiger partial charge in [0.1, 0.15) is 0 Å². The molecule has 0 bridgehead atoms. The van der Waals surface area contributed by atoms with Gasteiger partial charge in [-0.1, -0.05) is 4.49 Å². The van der Waals surface area contributed by atoms with Crippen LogP contribution in [0.25, 0.3) is 0 Å². The normalized spacial score (nSPS) is 11.9. The van der Waals surface area contributed by atoms with Gasteiger partial charge in [-0.15, -0.1) is 5.10 Å². The van der Waals surface area contributed by atoms with Crippen LogP contribution in [0.4, 0.5) is 13.2 Å². The minimum atomic E-state index is -4.17. The lowest BCUT2D eigenvalue weighted by Gasteiger charge is -2.00. The quantitative estimate of drug-likeness (QED) is 0.637. The first-order valence-corrected chi connectivity index (χ1v) is 3.24. The van der Waals surface area contributed by atoms with Crippen molar-refractivity contribution in [3.63, 3.8) is 0 Å². The topological polar surface area (TPSA) is 25.8 Å². The Bertz CT molecular complexity index is 193. The number of nitrogens with zero attached hydrogens (tertiary/aromatic N) is 2. The van der Waals surface area contributed by atoms with Crippen LogP contribution in [0.15, 0.2) is 5.38 Å². The molecule has 0 saturated heterocycles. The average molecular weight is 168 g/mol. The van der Waals surface area contributed by atoms with Gasteiger partial charge in [0.15, 0.2) is 0 Å². The zero-order chi connectivity index (χ0) is 7.61. The fourth-order valence-electron chi connectivity index (χ4n) is 0.466. The summed E-state index contributed by atoms with van der Waals surface area (Å²) < 4.78 is 38.0. The van der Waals surface area contributed by atoms with Crippen LogP contribution in [0, 0.1) is 0 Å². The molecule has 0 aliphatic rings. The molecular weight excluding hydrogens is 165 g/mol. The van der Waals surface area contributed by atoms with E-state index in [2.05, 4.69) is 9.59 Å². The Labute approximate surface area is 58.8 Å². The van der Waals surface area contributed by atoms with Crippen molar-refractivity contribution in [3.05, 3.63) is 11.1 Å². The van der Waals surface area contributed by atoms with Gasteiger partial charge >= 0.3 is 6.18 Å². The van der Waals surface area contributed by atoms with E-state index in [1.54, 1.807) is 0 Å². The predicted molar refractivity (Wildman–Crippen MR) is 29.7 cm³/mol. The van der Waals surface area contributed by atoms with Crippen LogP contribution in [0.5, 0.6) is 0 Å². The summed E-state index contributed by atoms with van der Waals surface area (Å²) in [7, 11) is 0. The second kappa shape index (κ2) is 2.53. The van der Waals surface area contributed by atoms with E-state index in [-0.39, 0.29) is 5.69 Å². The molecule has 6 heteroatoms. The molecule has 56 valence electrons. The average Bonchev–Trinajstić information content (AvgIpc) is 2.12. The molecule has 0 aliphatic carbocycles. The fourth-order valence-corrected chi connectivity index (χ4v) is 0.918. The van der Waals surface area contributed by atoms with Gasteiger partial charge in [-0.3, -0.25) is 0 Å². The lowest BCUT2D eigenvalue weighted by molar-refractivity contribution is -0.127. The van der Waals surface area contributed by atoms with Crippen molar-refractivity contribution in [2.75, 3.05) is 0 Å². The molecule has 10 heavy (non-hydrogen) atoms. The third-order valence-electron chi connectivity index (χ3n) is 0.787. The predicted octanol–water partition coefficient (Wildman–Crippen LogP) is 1.64. The lowest BCUT2D eigenvalue weighted by Crippen LogP contribution is -2.11. The summed E-state index contributed by atoms with van der Waals surface area (Å²) in [5, 5.41) is 4.54. The minimum Gasteiger partial charge on any atom is -0.171 e. The van der Waals surface area contributed by atoms with Gasteiger partial charge in [0.25, 0.3) is 0 Å². The first kappa shape index (κ1) is 7.46. The highest BCUT2D eigenvalue weighted by Crippen LogP contribution is 2.19. The molecule has 0 fully saturated rings. The molecule has 0 aromatic carbocycles. The van der Waals surface area contributed by atoms with E-state index in [1.165, 1.54) is 5.38 Å². The molecule has 0 amide bonds. The lowest BCUT2D eigenvalue weighted by atomic mass is 10.3. The number of alkyl halides is 3. The van der Waals surface area contributed by atoms with Crippen molar-refractivity contribution in [1.29, 1.82) is 0 Å². The van der Waals surface area contributed by atoms with Crippen LogP contribution in [0.1, 0.15) is 5.69 Å². The van der Waals surface area contributed by atoms with Gasteiger partial charge < -0.3 is 0 Å². The van der Waals surface area contributed by atoms with E-state index < -0.39 is 12.6 Å². The molecule has 0 saturated carbocycles. The first-order valence-electron chi connectivity index (χ1n) is 2.40. The molecule has 0 radical (unpaired) electrons. The summed E-state index contributed by atoms with van der Waals surface area (Å²) in [6.45, 7) is 0. The summed E-state index contributed by atoms with van der Waals surface area (Å²) in [5.74, 6) is 0. The highest BCUT2D eigenvalue weighted by Gasteiger charge is 2.28. The van der Waals surface area contributed by atoms with Crippen LogP contribution in [-0.2, 0) is 6.42 Å². The minimum absolute atomic E-state index is 0.0162. The SMILES string of the molecule is FC(F)(F)Cc1csnn1. The summed E-state index contributed by atoms with van der Waals surface area (Å²) in [4.78, 5) is 0. The van der Waals surface area contributed by atoms with Gasteiger partial charge in [0.2, 0.25) is 0 Å². The number of halogens is 3. The number of rotatable bonds is 1. The molecule has 0 atom stereocenters. The second-order valence-corrected chi connectivity index (χ2v) is 2.30. The zero-order valence-corrected chi connectivity index (χ0v) is 5.54. The van der Waals surface area contributed by atoms with E-state index >= 15 is 0 Å². The maximum absolute atomic E-state index is 11.6. The van der Waals surface area contributed by atoms with E-state index in [4.69, 9.17) is 0 Å². The summed E-state index contributed by atoms with van der Waals surface area (Å²) in [6.07, 6.45) is -5.15. The molecule has 0 spiro atoms. The number of aromatic nitrogens is 2. The molecule has 1 heterocycles. The van der Waals surface area contributed by atoms with Crippen LogP contribution in [-0.4, -0.2) is 15.8 Å². The Morgan fingerprint density at radius 1 is 1.50 bits per heavy atom. The Morgan fingerprint density at radius 3 is 2.60 bits per heavy atom. The van der Waals surface area contributed by atoms with Gasteiger partial charge in [-0.05, 0) is 11.5 Å². The highest BCUT2D eigenvalue weighted by atomic mass is 32.1.